The maximum absolute atomic E-state index is 11.7. The van der Waals surface area contributed by atoms with Crippen LogP contribution in [0.3, 0.4) is 0 Å². The molecule has 1 saturated carbocycles. The summed E-state index contributed by atoms with van der Waals surface area (Å²) < 4.78 is 0. The van der Waals surface area contributed by atoms with E-state index in [0.717, 1.165) is 9.88 Å². The summed E-state index contributed by atoms with van der Waals surface area (Å²) in [7, 11) is 0. The number of aliphatic carboxylic acids is 1. The first-order valence-corrected chi connectivity index (χ1v) is 6.49. The topological polar surface area (TPSA) is 91.3 Å². The van der Waals surface area contributed by atoms with Crippen molar-refractivity contribution < 1.29 is 14.7 Å². The molecule has 2 rings (SSSR count). The molecule has 0 radical (unpaired) electrons. The van der Waals surface area contributed by atoms with E-state index in [4.69, 9.17) is 5.11 Å². The van der Waals surface area contributed by atoms with Crippen LogP contribution in [-0.2, 0) is 4.79 Å². The molecule has 0 saturated heterocycles. The summed E-state index contributed by atoms with van der Waals surface area (Å²) in [5.41, 5.74) is -1.05. The molecular weight excluding hydrogens is 254 g/mol. The van der Waals surface area contributed by atoms with Crippen LogP contribution >= 0.6 is 11.3 Å². The van der Waals surface area contributed by atoms with Crippen molar-refractivity contribution >= 4 is 23.3 Å². The molecule has 1 fully saturated rings. The van der Waals surface area contributed by atoms with E-state index in [-0.39, 0.29) is 6.04 Å². The highest BCUT2D eigenvalue weighted by molar-refractivity contribution is 7.11. The fourth-order valence-electron chi connectivity index (χ4n) is 1.60. The lowest BCUT2D eigenvalue weighted by Gasteiger charge is -2.16. The number of nitrogens with zero attached hydrogens (tertiary/aromatic N) is 1. The molecule has 1 aliphatic rings. The Kier molecular flexibility index (Phi) is 3.25. The van der Waals surface area contributed by atoms with Crippen LogP contribution in [0.1, 0.15) is 35.7 Å². The number of hydrogen-bond acceptors (Lipinski definition) is 4. The first kappa shape index (κ1) is 12.8. The monoisotopic (exact) mass is 269 g/mol. The third-order valence-electron chi connectivity index (χ3n) is 2.87. The number of aromatic nitrogens is 1. The highest BCUT2D eigenvalue weighted by Crippen LogP contribution is 2.35. The summed E-state index contributed by atoms with van der Waals surface area (Å²) in [6, 6.07) is -0.691. The molecule has 6 nitrogen and oxygen atoms in total. The third-order valence-corrected chi connectivity index (χ3v) is 3.96. The van der Waals surface area contributed by atoms with Crippen molar-refractivity contribution in [2.75, 3.05) is 0 Å². The molecule has 3 N–H and O–H groups in total. The molecule has 0 aliphatic heterocycles. The van der Waals surface area contributed by atoms with Gasteiger partial charge < -0.3 is 15.7 Å². The van der Waals surface area contributed by atoms with E-state index in [0.29, 0.717) is 12.8 Å². The third kappa shape index (κ3) is 2.61. The van der Waals surface area contributed by atoms with Crippen molar-refractivity contribution in [3.05, 3.63) is 16.1 Å². The van der Waals surface area contributed by atoms with Crippen LogP contribution in [0.5, 0.6) is 0 Å². The number of hydrogen-bond donors (Lipinski definition) is 3. The Bertz CT molecular complexity index is 482. The molecule has 1 unspecified atom stereocenters. The van der Waals surface area contributed by atoms with E-state index in [9.17, 15) is 9.59 Å². The smallest absolute Gasteiger partial charge is 0.329 e. The predicted molar refractivity (Wildman–Crippen MR) is 66.5 cm³/mol. The van der Waals surface area contributed by atoms with Gasteiger partial charge in [0.1, 0.15) is 10.5 Å². The van der Waals surface area contributed by atoms with Gasteiger partial charge in [-0.05, 0) is 26.7 Å². The molecular formula is C11H15N3O3S. The zero-order chi connectivity index (χ0) is 13.3. The number of rotatable bonds is 4. The number of thiazole rings is 1. The van der Waals surface area contributed by atoms with E-state index in [2.05, 4.69) is 15.6 Å². The quantitative estimate of drug-likeness (QED) is 0.771. The fraction of sp³-hybridized carbons (Fsp3) is 0.545. The number of carboxylic acid groups (broad SMARTS) is 1. The Morgan fingerprint density at radius 3 is 2.67 bits per heavy atom. The Morgan fingerprint density at radius 1 is 1.56 bits per heavy atom. The van der Waals surface area contributed by atoms with Gasteiger partial charge >= 0.3 is 12.0 Å². The lowest BCUT2D eigenvalue weighted by atomic mass is 10.3. The number of carbonyl (C=O) groups excluding carboxylic acids is 1. The molecule has 1 aromatic heterocycles. The van der Waals surface area contributed by atoms with Crippen molar-refractivity contribution in [1.29, 1.82) is 0 Å². The van der Waals surface area contributed by atoms with Gasteiger partial charge in [-0.15, -0.1) is 11.3 Å². The second-order valence-electron chi connectivity index (χ2n) is 4.52. The summed E-state index contributed by atoms with van der Waals surface area (Å²) in [4.78, 5) is 27.9. The molecule has 7 heteroatoms. The Morgan fingerprint density at radius 2 is 2.22 bits per heavy atom. The minimum Gasteiger partial charge on any atom is -0.480 e. The van der Waals surface area contributed by atoms with Gasteiger partial charge in [-0.2, -0.15) is 0 Å². The summed E-state index contributed by atoms with van der Waals surface area (Å²) in [5, 5.41) is 15.0. The van der Waals surface area contributed by atoms with Crippen LogP contribution in [0.4, 0.5) is 4.79 Å². The molecule has 1 heterocycles. The highest BCUT2D eigenvalue weighted by Gasteiger charge is 2.51. The second kappa shape index (κ2) is 4.56. The van der Waals surface area contributed by atoms with Crippen LogP contribution in [0.15, 0.2) is 6.20 Å². The molecule has 1 aromatic rings. The van der Waals surface area contributed by atoms with Gasteiger partial charge in [0.05, 0.1) is 6.04 Å². The van der Waals surface area contributed by atoms with Gasteiger partial charge in [0.25, 0.3) is 0 Å². The molecule has 2 amide bonds. The van der Waals surface area contributed by atoms with Gasteiger partial charge in [-0.3, -0.25) is 0 Å². The van der Waals surface area contributed by atoms with Gasteiger partial charge in [-0.1, -0.05) is 0 Å². The minimum atomic E-state index is -1.05. The maximum Gasteiger partial charge on any atom is 0.329 e. The van der Waals surface area contributed by atoms with Crippen LogP contribution in [0, 0.1) is 6.92 Å². The maximum atomic E-state index is 11.7. The van der Waals surface area contributed by atoms with Crippen molar-refractivity contribution in [2.45, 2.75) is 38.3 Å². The number of carbonyl (C=O) groups is 2. The van der Waals surface area contributed by atoms with Crippen LogP contribution in [-0.4, -0.2) is 27.6 Å². The Labute approximate surface area is 108 Å². The molecule has 0 bridgehead atoms. The summed E-state index contributed by atoms with van der Waals surface area (Å²) in [5.74, 6) is -0.976. The van der Waals surface area contributed by atoms with E-state index < -0.39 is 17.5 Å². The lowest BCUT2D eigenvalue weighted by molar-refractivity contribution is -0.140. The van der Waals surface area contributed by atoms with E-state index in [1.807, 2.05) is 13.8 Å². The molecule has 18 heavy (non-hydrogen) atoms. The van der Waals surface area contributed by atoms with Crippen molar-refractivity contribution in [3.8, 4) is 0 Å². The van der Waals surface area contributed by atoms with Gasteiger partial charge in [-0.25, -0.2) is 14.6 Å². The number of amides is 2. The van der Waals surface area contributed by atoms with Gasteiger partial charge in [0.2, 0.25) is 0 Å². The van der Waals surface area contributed by atoms with E-state index >= 15 is 0 Å². The summed E-state index contributed by atoms with van der Waals surface area (Å²) in [6.45, 7) is 3.76. The number of urea groups is 1. The summed E-state index contributed by atoms with van der Waals surface area (Å²) >= 11 is 1.51. The van der Waals surface area contributed by atoms with Crippen LogP contribution in [0.25, 0.3) is 0 Å². The van der Waals surface area contributed by atoms with Crippen LogP contribution in [0.2, 0.25) is 0 Å². The number of carboxylic acids is 1. The van der Waals surface area contributed by atoms with E-state index in [1.165, 1.54) is 11.3 Å². The SMILES string of the molecule is Cc1cnc(C(C)NC(=O)NC2(C(=O)O)CC2)s1. The second-order valence-corrected chi connectivity index (χ2v) is 5.78. The Hall–Kier alpha value is -1.63. The largest absolute Gasteiger partial charge is 0.480 e. The first-order chi connectivity index (χ1) is 8.43. The average molecular weight is 269 g/mol. The van der Waals surface area contributed by atoms with Gasteiger partial charge in [0, 0.05) is 11.1 Å². The van der Waals surface area contributed by atoms with Crippen molar-refractivity contribution in [3.63, 3.8) is 0 Å². The zero-order valence-electron chi connectivity index (χ0n) is 10.2. The standard InChI is InChI=1S/C11H15N3O3S/c1-6-5-12-8(18-6)7(2)13-10(17)14-11(3-4-11)9(15)16/h5,7H,3-4H2,1-2H3,(H,15,16)(H2,13,14,17). The molecule has 98 valence electrons. The lowest BCUT2D eigenvalue weighted by Crippen LogP contribution is -2.48. The Balaban J connectivity index is 1.90. The first-order valence-electron chi connectivity index (χ1n) is 5.67. The number of aryl methyl sites for hydroxylation is 1. The van der Waals surface area contributed by atoms with Gasteiger partial charge in [0.15, 0.2) is 0 Å². The van der Waals surface area contributed by atoms with Crippen LogP contribution < -0.4 is 10.6 Å². The normalized spacial score (nSPS) is 17.9. The zero-order valence-corrected chi connectivity index (χ0v) is 11.0. The van der Waals surface area contributed by atoms with E-state index in [1.54, 1.807) is 6.20 Å². The molecule has 0 aromatic carbocycles. The summed E-state index contributed by atoms with van der Waals surface area (Å²) in [6.07, 6.45) is 2.72. The molecule has 0 spiro atoms. The minimum absolute atomic E-state index is 0.228. The molecule has 1 aliphatic carbocycles. The number of nitrogens with one attached hydrogen (secondary N) is 2. The highest BCUT2D eigenvalue weighted by atomic mass is 32.1. The average Bonchev–Trinajstić information content (AvgIpc) is 2.92. The fourth-order valence-corrected chi connectivity index (χ4v) is 2.38. The predicted octanol–water partition coefficient (Wildman–Crippen LogP) is 1.43. The molecule has 1 atom stereocenters. The van der Waals surface area contributed by atoms with Crippen molar-refractivity contribution in [2.24, 2.45) is 0 Å². The van der Waals surface area contributed by atoms with Crippen molar-refractivity contribution in [1.82, 2.24) is 15.6 Å².